The van der Waals surface area contributed by atoms with Gasteiger partial charge >= 0.3 is 0 Å². The Morgan fingerprint density at radius 3 is 2.44 bits per heavy atom. The van der Waals surface area contributed by atoms with Gasteiger partial charge in [0.15, 0.2) is 0 Å². The lowest BCUT2D eigenvalue weighted by molar-refractivity contribution is 0.0947. The minimum absolute atomic E-state index is 0.180. The number of nitrogens with one attached hydrogen (secondary N) is 2. The predicted molar refractivity (Wildman–Crippen MR) is 106 cm³/mol. The Bertz CT molecular complexity index is 964. The van der Waals surface area contributed by atoms with Gasteiger partial charge in [-0.1, -0.05) is 38.1 Å². The minimum Gasteiger partial charge on any atom is -0.351 e. The average Bonchev–Trinajstić information content (AvgIpc) is 2.68. The highest BCUT2D eigenvalue weighted by Gasteiger charge is 2.13. The third-order valence-electron chi connectivity index (χ3n) is 4.10. The number of carbonyl (C=O) groups excluding carboxylic acids is 2. The molecule has 0 bridgehead atoms. The predicted octanol–water partition coefficient (Wildman–Crippen LogP) is 3.66. The van der Waals surface area contributed by atoms with Crippen LogP contribution in [0.3, 0.4) is 0 Å². The Morgan fingerprint density at radius 2 is 1.67 bits per heavy atom. The lowest BCUT2D eigenvalue weighted by atomic mass is 10.1. The zero-order chi connectivity index (χ0) is 19.2. The highest BCUT2D eigenvalue weighted by molar-refractivity contribution is 6.07. The van der Waals surface area contributed by atoms with Crippen molar-refractivity contribution in [3.05, 3.63) is 66.1 Å². The summed E-state index contributed by atoms with van der Waals surface area (Å²) in [6.07, 6.45) is 2.57. The van der Waals surface area contributed by atoms with Gasteiger partial charge in [-0.3, -0.25) is 14.6 Å². The van der Waals surface area contributed by atoms with Crippen molar-refractivity contribution in [3.8, 4) is 0 Å². The number of amides is 2. The summed E-state index contributed by atoms with van der Waals surface area (Å²) >= 11 is 0. The number of aromatic nitrogens is 2. The molecular formula is C21H22N4O2. The van der Waals surface area contributed by atoms with E-state index < -0.39 is 0 Å². The van der Waals surface area contributed by atoms with Gasteiger partial charge in [0.25, 0.3) is 11.8 Å². The number of rotatable bonds is 6. The van der Waals surface area contributed by atoms with E-state index in [9.17, 15) is 9.59 Å². The standard InChI is InChI=1S/C21H22N4O2/c1-14(2)11-13-23-20(26)17-9-4-10-18(24-17)21(27)25-16-8-3-6-15-7-5-12-22-19(15)16/h3-10,12,14H,11,13H2,1-2H3,(H,23,26)(H,25,27). The maximum atomic E-state index is 12.6. The van der Waals surface area contributed by atoms with Crippen molar-refractivity contribution in [3.63, 3.8) is 0 Å². The van der Waals surface area contributed by atoms with Crippen LogP contribution in [0.1, 0.15) is 41.2 Å². The van der Waals surface area contributed by atoms with Crippen LogP contribution in [0.25, 0.3) is 10.9 Å². The summed E-state index contributed by atoms with van der Waals surface area (Å²) < 4.78 is 0. The van der Waals surface area contributed by atoms with Crippen molar-refractivity contribution < 1.29 is 9.59 Å². The minimum atomic E-state index is -0.384. The van der Waals surface area contributed by atoms with Crippen LogP contribution in [0.15, 0.2) is 54.7 Å². The maximum Gasteiger partial charge on any atom is 0.274 e. The molecule has 6 heteroatoms. The first-order valence-corrected chi connectivity index (χ1v) is 8.95. The Balaban J connectivity index is 1.74. The molecule has 0 aliphatic rings. The van der Waals surface area contributed by atoms with E-state index in [4.69, 9.17) is 0 Å². The molecule has 2 aromatic heterocycles. The van der Waals surface area contributed by atoms with E-state index in [-0.39, 0.29) is 23.2 Å². The third-order valence-corrected chi connectivity index (χ3v) is 4.10. The molecule has 3 aromatic rings. The largest absolute Gasteiger partial charge is 0.351 e. The van der Waals surface area contributed by atoms with E-state index in [2.05, 4.69) is 34.4 Å². The number of pyridine rings is 2. The van der Waals surface area contributed by atoms with Gasteiger partial charge in [-0.15, -0.1) is 0 Å². The van der Waals surface area contributed by atoms with Gasteiger partial charge in [0.2, 0.25) is 0 Å². The summed E-state index contributed by atoms with van der Waals surface area (Å²) in [6, 6.07) is 14.2. The van der Waals surface area contributed by atoms with Crippen molar-refractivity contribution in [2.75, 3.05) is 11.9 Å². The van der Waals surface area contributed by atoms with Crippen molar-refractivity contribution in [2.45, 2.75) is 20.3 Å². The van der Waals surface area contributed by atoms with Crippen LogP contribution in [-0.2, 0) is 0 Å². The van der Waals surface area contributed by atoms with Gasteiger partial charge in [0.05, 0.1) is 11.2 Å². The summed E-state index contributed by atoms with van der Waals surface area (Å²) in [6.45, 7) is 4.77. The van der Waals surface area contributed by atoms with Crippen LogP contribution >= 0.6 is 0 Å². The molecule has 0 aliphatic carbocycles. The van der Waals surface area contributed by atoms with Crippen LogP contribution in [0.4, 0.5) is 5.69 Å². The first kappa shape index (κ1) is 18.5. The molecule has 2 amide bonds. The molecular weight excluding hydrogens is 340 g/mol. The maximum absolute atomic E-state index is 12.6. The number of hydrogen-bond donors (Lipinski definition) is 2. The Morgan fingerprint density at radius 1 is 0.963 bits per heavy atom. The number of benzene rings is 1. The Labute approximate surface area is 158 Å². The topological polar surface area (TPSA) is 84.0 Å². The molecule has 27 heavy (non-hydrogen) atoms. The van der Waals surface area contributed by atoms with Crippen molar-refractivity contribution in [1.82, 2.24) is 15.3 Å². The highest BCUT2D eigenvalue weighted by Crippen LogP contribution is 2.21. The van der Waals surface area contributed by atoms with Gasteiger partial charge < -0.3 is 10.6 Å². The van der Waals surface area contributed by atoms with Crippen LogP contribution in [0, 0.1) is 5.92 Å². The fourth-order valence-electron chi connectivity index (χ4n) is 2.64. The molecule has 2 heterocycles. The molecule has 1 aromatic carbocycles. The van der Waals surface area contributed by atoms with E-state index in [1.165, 1.54) is 0 Å². The smallest absolute Gasteiger partial charge is 0.274 e. The summed E-state index contributed by atoms with van der Waals surface area (Å²) in [5.74, 6) is -0.160. The number of anilines is 1. The molecule has 0 aliphatic heterocycles. The quantitative estimate of drug-likeness (QED) is 0.701. The number of nitrogens with zero attached hydrogens (tertiary/aromatic N) is 2. The van der Waals surface area contributed by atoms with Crippen molar-refractivity contribution in [1.29, 1.82) is 0 Å². The van der Waals surface area contributed by atoms with Crippen LogP contribution < -0.4 is 10.6 Å². The van der Waals surface area contributed by atoms with Crippen LogP contribution in [0.2, 0.25) is 0 Å². The molecule has 0 unspecified atom stereocenters. The zero-order valence-electron chi connectivity index (χ0n) is 15.4. The van der Waals surface area contributed by atoms with E-state index in [1.807, 2.05) is 24.3 Å². The first-order chi connectivity index (χ1) is 13.0. The summed E-state index contributed by atoms with van der Waals surface area (Å²) in [5, 5.41) is 6.59. The van der Waals surface area contributed by atoms with Gasteiger partial charge in [0.1, 0.15) is 11.4 Å². The third kappa shape index (κ3) is 4.67. The van der Waals surface area contributed by atoms with E-state index in [0.717, 1.165) is 11.8 Å². The van der Waals surface area contributed by atoms with Crippen molar-refractivity contribution >= 4 is 28.4 Å². The number of fused-ring (bicyclic) bond motifs is 1. The molecule has 0 atom stereocenters. The molecule has 0 spiro atoms. The van der Waals surface area contributed by atoms with Crippen LogP contribution in [0.5, 0.6) is 0 Å². The normalized spacial score (nSPS) is 10.8. The van der Waals surface area contributed by atoms with E-state index in [1.54, 1.807) is 30.5 Å². The molecule has 0 saturated heterocycles. The lowest BCUT2D eigenvalue weighted by Crippen LogP contribution is -2.27. The number of carbonyl (C=O) groups is 2. The van der Waals surface area contributed by atoms with Crippen LogP contribution in [-0.4, -0.2) is 28.3 Å². The molecule has 2 N–H and O–H groups in total. The lowest BCUT2D eigenvalue weighted by Gasteiger charge is -2.09. The zero-order valence-corrected chi connectivity index (χ0v) is 15.4. The van der Waals surface area contributed by atoms with Gasteiger partial charge in [0, 0.05) is 18.1 Å². The second kappa shape index (κ2) is 8.40. The highest BCUT2D eigenvalue weighted by atomic mass is 16.2. The van der Waals surface area contributed by atoms with Gasteiger partial charge in [-0.05, 0) is 36.6 Å². The number of para-hydroxylation sites is 1. The summed E-state index contributed by atoms with van der Waals surface area (Å²) in [5.41, 5.74) is 1.71. The average molecular weight is 362 g/mol. The molecule has 0 saturated carbocycles. The van der Waals surface area contributed by atoms with Gasteiger partial charge in [-0.25, -0.2) is 4.98 Å². The monoisotopic (exact) mass is 362 g/mol. The van der Waals surface area contributed by atoms with E-state index >= 15 is 0 Å². The van der Waals surface area contributed by atoms with Crippen molar-refractivity contribution in [2.24, 2.45) is 5.92 Å². The fourth-order valence-corrected chi connectivity index (χ4v) is 2.64. The summed E-state index contributed by atoms with van der Waals surface area (Å²) in [4.78, 5) is 33.3. The first-order valence-electron chi connectivity index (χ1n) is 8.95. The molecule has 138 valence electrons. The molecule has 0 fully saturated rings. The SMILES string of the molecule is CC(C)CCNC(=O)c1cccc(C(=O)Nc2cccc3cccnc23)n1. The molecule has 3 rings (SSSR count). The Kier molecular flexibility index (Phi) is 5.76. The van der Waals surface area contributed by atoms with Gasteiger partial charge in [-0.2, -0.15) is 0 Å². The fraction of sp³-hybridized carbons (Fsp3) is 0.238. The number of hydrogen-bond acceptors (Lipinski definition) is 4. The summed E-state index contributed by atoms with van der Waals surface area (Å²) in [7, 11) is 0. The molecule has 0 radical (unpaired) electrons. The Hall–Kier alpha value is -3.28. The molecule has 6 nitrogen and oxygen atoms in total. The second-order valence-electron chi connectivity index (χ2n) is 6.68. The second-order valence-corrected chi connectivity index (χ2v) is 6.68. The van der Waals surface area contributed by atoms with E-state index in [0.29, 0.717) is 23.7 Å².